The Hall–Kier alpha value is -2.19. The normalized spacial score (nSPS) is 16.8. The molecular formula is C16H19N5. The molecule has 0 aliphatic carbocycles. The van der Waals surface area contributed by atoms with Crippen LogP contribution in [0.25, 0.3) is 10.9 Å². The summed E-state index contributed by atoms with van der Waals surface area (Å²) in [7, 11) is 0. The highest BCUT2D eigenvalue weighted by molar-refractivity contribution is 5.92. The van der Waals surface area contributed by atoms with Gasteiger partial charge in [-0.15, -0.1) is 10.2 Å². The van der Waals surface area contributed by atoms with E-state index in [2.05, 4.69) is 33.4 Å². The monoisotopic (exact) mass is 281 g/mol. The van der Waals surface area contributed by atoms with Gasteiger partial charge >= 0.3 is 0 Å². The van der Waals surface area contributed by atoms with Gasteiger partial charge in [0.25, 0.3) is 0 Å². The van der Waals surface area contributed by atoms with E-state index in [1.807, 2.05) is 24.3 Å². The lowest BCUT2D eigenvalue weighted by Crippen LogP contribution is -2.35. The van der Waals surface area contributed by atoms with Crippen molar-refractivity contribution < 1.29 is 0 Å². The number of nitrogens with one attached hydrogen (secondary N) is 1. The smallest absolute Gasteiger partial charge is 0.186 e. The molecule has 0 radical (unpaired) electrons. The number of hydrogen-bond donors (Lipinski definition) is 1. The van der Waals surface area contributed by atoms with E-state index in [9.17, 15) is 5.26 Å². The van der Waals surface area contributed by atoms with Crippen molar-refractivity contribution in [3.05, 3.63) is 30.0 Å². The SMILES string of the molecule is CC(CNc1c(C#N)nnc2ccccc12)N1CCCC1. The fraction of sp³-hybridized carbons (Fsp3) is 0.438. The van der Waals surface area contributed by atoms with Crippen molar-refractivity contribution in [1.82, 2.24) is 15.1 Å². The summed E-state index contributed by atoms with van der Waals surface area (Å²) in [5.41, 5.74) is 1.98. The van der Waals surface area contributed by atoms with Crippen molar-refractivity contribution in [2.75, 3.05) is 25.0 Å². The average Bonchev–Trinajstić information content (AvgIpc) is 3.06. The van der Waals surface area contributed by atoms with Crippen LogP contribution >= 0.6 is 0 Å². The van der Waals surface area contributed by atoms with Gasteiger partial charge in [-0.2, -0.15) is 5.26 Å². The van der Waals surface area contributed by atoms with Crippen molar-refractivity contribution >= 4 is 16.6 Å². The van der Waals surface area contributed by atoms with Crippen LogP contribution in [0, 0.1) is 11.3 Å². The number of anilines is 1. The molecule has 1 N–H and O–H groups in total. The topological polar surface area (TPSA) is 64.8 Å². The summed E-state index contributed by atoms with van der Waals surface area (Å²) in [5, 5.41) is 21.7. The van der Waals surface area contributed by atoms with Gasteiger partial charge in [-0.05, 0) is 38.9 Å². The van der Waals surface area contributed by atoms with E-state index in [1.165, 1.54) is 25.9 Å². The van der Waals surface area contributed by atoms with Crippen molar-refractivity contribution in [2.45, 2.75) is 25.8 Å². The summed E-state index contributed by atoms with van der Waals surface area (Å²) >= 11 is 0. The number of aromatic nitrogens is 2. The molecule has 21 heavy (non-hydrogen) atoms. The number of benzene rings is 1. The zero-order chi connectivity index (χ0) is 14.7. The molecule has 2 heterocycles. The summed E-state index contributed by atoms with van der Waals surface area (Å²) in [4.78, 5) is 2.48. The predicted octanol–water partition coefficient (Wildman–Crippen LogP) is 2.40. The van der Waals surface area contributed by atoms with Gasteiger partial charge in [0, 0.05) is 18.0 Å². The molecule has 1 aliphatic rings. The molecule has 1 aromatic heterocycles. The fourth-order valence-electron chi connectivity index (χ4n) is 2.87. The minimum Gasteiger partial charge on any atom is -0.381 e. The Morgan fingerprint density at radius 1 is 1.29 bits per heavy atom. The first-order valence-corrected chi connectivity index (χ1v) is 7.43. The second kappa shape index (κ2) is 6.06. The first-order valence-electron chi connectivity index (χ1n) is 7.43. The number of rotatable bonds is 4. The molecule has 5 nitrogen and oxygen atoms in total. The minimum atomic E-state index is 0.363. The predicted molar refractivity (Wildman–Crippen MR) is 83.0 cm³/mol. The Kier molecular flexibility index (Phi) is 3.98. The maximum absolute atomic E-state index is 9.25. The second-order valence-corrected chi connectivity index (χ2v) is 5.53. The molecule has 1 fully saturated rings. The number of nitrogens with zero attached hydrogens (tertiary/aromatic N) is 4. The third-order valence-corrected chi connectivity index (χ3v) is 4.11. The van der Waals surface area contributed by atoms with Gasteiger partial charge in [0.05, 0.1) is 11.2 Å². The van der Waals surface area contributed by atoms with Gasteiger partial charge in [-0.3, -0.25) is 4.90 Å². The van der Waals surface area contributed by atoms with E-state index in [1.54, 1.807) is 0 Å². The van der Waals surface area contributed by atoms with E-state index in [-0.39, 0.29) is 0 Å². The van der Waals surface area contributed by atoms with Crippen LogP contribution in [0.1, 0.15) is 25.5 Å². The van der Waals surface area contributed by atoms with E-state index in [0.717, 1.165) is 23.1 Å². The maximum Gasteiger partial charge on any atom is 0.186 e. The van der Waals surface area contributed by atoms with Gasteiger partial charge in [0.1, 0.15) is 6.07 Å². The number of hydrogen-bond acceptors (Lipinski definition) is 5. The lowest BCUT2D eigenvalue weighted by atomic mass is 10.1. The van der Waals surface area contributed by atoms with E-state index in [4.69, 9.17) is 0 Å². The van der Waals surface area contributed by atoms with Crippen LogP contribution in [-0.2, 0) is 0 Å². The van der Waals surface area contributed by atoms with Crippen LogP contribution in [0.15, 0.2) is 24.3 Å². The highest BCUT2D eigenvalue weighted by atomic mass is 15.2. The molecule has 1 aliphatic heterocycles. The summed E-state index contributed by atoms with van der Waals surface area (Å²) in [6.07, 6.45) is 2.57. The van der Waals surface area contributed by atoms with E-state index < -0.39 is 0 Å². The third-order valence-electron chi connectivity index (χ3n) is 4.11. The highest BCUT2D eigenvalue weighted by Gasteiger charge is 2.18. The standard InChI is InChI=1S/C16H19N5/c1-12(21-8-4-5-9-21)11-18-16-13-6-2-3-7-14(13)19-20-15(16)10-17/h2-3,6-7,12H,4-5,8-9,11H2,1H3,(H,18,19). The lowest BCUT2D eigenvalue weighted by molar-refractivity contribution is 0.269. The Bertz CT molecular complexity index is 670. The fourth-order valence-corrected chi connectivity index (χ4v) is 2.87. The highest BCUT2D eigenvalue weighted by Crippen LogP contribution is 2.24. The van der Waals surface area contributed by atoms with Crippen molar-refractivity contribution in [1.29, 1.82) is 5.26 Å². The second-order valence-electron chi connectivity index (χ2n) is 5.53. The van der Waals surface area contributed by atoms with E-state index in [0.29, 0.717) is 11.7 Å². The largest absolute Gasteiger partial charge is 0.381 e. The molecule has 0 saturated carbocycles. The van der Waals surface area contributed by atoms with Crippen LogP contribution in [0.2, 0.25) is 0 Å². The number of fused-ring (bicyclic) bond motifs is 1. The molecule has 3 rings (SSSR count). The Labute approximate surface area is 124 Å². The van der Waals surface area contributed by atoms with Gasteiger partial charge in [0.2, 0.25) is 0 Å². The minimum absolute atomic E-state index is 0.363. The van der Waals surface area contributed by atoms with Crippen LogP contribution in [0.3, 0.4) is 0 Å². The molecule has 1 unspecified atom stereocenters. The van der Waals surface area contributed by atoms with Gasteiger partial charge in [0.15, 0.2) is 5.69 Å². The number of nitriles is 1. The molecule has 0 bridgehead atoms. The summed E-state index contributed by atoms with van der Waals surface area (Å²) in [5.74, 6) is 0. The average molecular weight is 281 g/mol. The summed E-state index contributed by atoms with van der Waals surface area (Å²) in [6.45, 7) is 5.37. The molecule has 1 aromatic carbocycles. The van der Waals surface area contributed by atoms with Crippen LogP contribution < -0.4 is 5.32 Å². The van der Waals surface area contributed by atoms with Crippen LogP contribution in [-0.4, -0.2) is 40.8 Å². The quantitative estimate of drug-likeness (QED) is 0.932. The zero-order valence-corrected chi connectivity index (χ0v) is 12.2. The summed E-state index contributed by atoms with van der Waals surface area (Å²) in [6, 6.07) is 10.4. The maximum atomic E-state index is 9.25. The molecule has 2 aromatic rings. The molecule has 0 amide bonds. The van der Waals surface area contributed by atoms with Crippen molar-refractivity contribution in [3.8, 4) is 6.07 Å². The Balaban J connectivity index is 1.83. The Morgan fingerprint density at radius 3 is 2.81 bits per heavy atom. The molecule has 0 spiro atoms. The van der Waals surface area contributed by atoms with Crippen molar-refractivity contribution in [3.63, 3.8) is 0 Å². The van der Waals surface area contributed by atoms with Crippen LogP contribution in [0.4, 0.5) is 5.69 Å². The van der Waals surface area contributed by atoms with Crippen molar-refractivity contribution in [2.24, 2.45) is 0 Å². The Morgan fingerprint density at radius 2 is 2.05 bits per heavy atom. The summed E-state index contributed by atoms with van der Waals surface area (Å²) < 4.78 is 0. The molecule has 5 heteroatoms. The molecule has 108 valence electrons. The van der Waals surface area contributed by atoms with Crippen LogP contribution in [0.5, 0.6) is 0 Å². The lowest BCUT2D eigenvalue weighted by Gasteiger charge is -2.24. The first-order chi connectivity index (χ1) is 10.3. The van der Waals surface area contributed by atoms with E-state index >= 15 is 0 Å². The molecular weight excluding hydrogens is 262 g/mol. The van der Waals surface area contributed by atoms with Gasteiger partial charge < -0.3 is 5.32 Å². The zero-order valence-electron chi connectivity index (χ0n) is 12.2. The first kappa shape index (κ1) is 13.8. The van der Waals surface area contributed by atoms with Gasteiger partial charge in [-0.25, -0.2) is 0 Å². The third kappa shape index (κ3) is 2.81. The molecule has 1 saturated heterocycles. The number of likely N-dealkylation sites (tertiary alicyclic amines) is 1. The van der Waals surface area contributed by atoms with Gasteiger partial charge in [-0.1, -0.05) is 18.2 Å². The molecule has 1 atom stereocenters.